The SMILES string of the molecule is O=CC1=CC(=O)CN2C(=O)CC(=O)N12. The highest BCUT2D eigenvalue weighted by atomic mass is 16.2. The van der Waals surface area contributed by atoms with Crippen LogP contribution in [0.1, 0.15) is 6.42 Å². The topological polar surface area (TPSA) is 74.8 Å². The summed E-state index contributed by atoms with van der Waals surface area (Å²) < 4.78 is 0. The van der Waals surface area contributed by atoms with Crippen LogP contribution in [0, 0.1) is 0 Å². The molecule has 6 heteroatoms. The maximum Gasteiger partial charge on any atom is 0.255 e. The van der Waals surface area contributed by atoms with Gasteiger partial charge in [0.1, 0.15) is 18.7 Å². The number of rotatable bonds is 1. The van der Waals surface area contributed by atoms with Crippen molar-refractivity contribution >= 4 is 23.9 Å². The van der Waals surface area contributed by atoms with Crippen LogP contribution < -0.4 is 0 Å². The van der Waals surface area contributed by atoms with E-state index in [2.05, 4.69) is 0 Å². The number of hydrazine groups is 1. The van der Waals surface area contributed by atoms with Gasteiger partial charge in [-0.05, 0) is 0 Å². The van der Waals surface area contributed by atoms with Crippen molar-refractivity contribution in [3.8, 4) is 0 Å². The van der Waals surface area contributed by atoms with Gasteiger partial charge in [0, 0.05) is 6.08 Å². The van der Waals surface area contributed by atoms with E-state index in [1.165, 1.54) is 0 Å². The van der Waals surface area contributed by atoms with E-state index in [-0.39, 0.29) is 24.4 Å². The molecule has 6 nitrogen and oxygen atoms in total. The Balaban J connectivity index is 2.45. The van der Waals surface area contributed by atoms with Crippen LogP contribution in [0.4, 0.5) is 0 Å². The molecule has 0 atom stereocenters. The Morgan fingerprint density at radius 1 is 1.21 bits per heavy atom. The molecule has 0 unspecified atom stereocenters. The molecule has 0 saturated carbocycles. The van der Waals surface area contributed by atoms with Gasteiger partial charge in [-0.3, -0.25) is 19.2 Å². The van der Waals surface area contributed by atoms with Crippen LogP contribution >= 0.6 is 0 Å². The number of hydrogen-bond donors (Lipinski definition) is 0. The third kappa shape index (κ3) is 1.04. The minimum atomic E-state index is -0.471. The highest BCUT2D eigenvalue weighted by Gasteiger charge is 2.41. The van der Waals surface area contributed by atoms with Crippen LogP contribution in [-0.2, 0) is 19.2 Å². The number of ketones is 1. The van der Waals surface area contributed by atoms with E-state index in [1.54, 1.807) is 0 Å². The third-order valence-electron chi connectivity index (χ3n) is 2.05. The Kier molecular flexibility index (Phi) is 1.70. The Labute approximate surface area is 78.7 Å². The molecule has 0 spiro atoms. The Bertz CT molecular complexity index is 385. The standard InChI is InChI=1S/C8H6N2O4/c11-4-5-1-6(12)3-9-7(13)2-8(14)10(5)9/h1,4H,2-3H2. The minimum Gasteiger partial charge on any atom is -0.296 e. The van der Waals surface area contributed by atoms with Crippen molar-refractivity contribution in [1.82, 2.24) is 10.0 Å². The maximum atomic E-state index is 11.2. The molecule has 0 N–H and O–H groups in total. The van der Waals surface area contributed by atoms with Crippen LogP contribution in [-0.4, -0.2) is 40.4 Å². The Morgan fingerprint density at radius 2 is 1.93 bits per heavy atom. The summed E-state index contributed by atoms with van der Waals surface area (Å²) >= 11 is 0. The molecule has 0 radical (unpaired) electrons. The van der Waals surface area contributed by atoms with E-state index in [9.17, 15) is 19.2 Å². The molecule has 0 aromatic carbocycles. The van der Waals surface area contributed by atoms with Gasteiger partial charge in [0.2, 0.25) is 0 Å². The van der Waals surface area contributed by atoms with Gasteiger partial charge in [-0.15, -0.1) is 0 Å². The predicted octanol–water partition coefficient (Wildman–Crippen LogP) is -1.37. The van der Waals surface area contributed by atoms with Crippen molar-refractivity contribution in [2.24, 2.45) is 0 Å². The summed E-state index contributed by atoms with van der Waals surface area (Å²) in [6.45, 7) is -0.165. The lowest BCUT2D eigenvalue weighted by Gasteiger charge is -2.29. The zero-order chi connectivity index (χ0) is 10.3. The number of hydrogen-bond acceptors (Lipinski definition) is 4. The normalized spacial score (nSPS) is 21.1. The van der Waals surface area contributed by atoms with E-state index in [0.29, 0.717) is 6.29 Å². The lowest BCUT2D eigenvalue weighted by Crippen LogP contribution is -2.46. The molecule has 72 valence electrons. The first-order chi connectivity index (χ1) is 6.63. The largest absolute Gasteiger partial charge is 0.296 e. The van der Waals surface area contributed by atoms with E-state index in [1.807, 2.05) is 0 Å². The first kappa shape index (κ1) is 8.61. The summed E-state index contributed by atoms with van der Waals surface area (Å²) in [5.74, 6) is -1.27. The first-order valence-corrected chi connectivity index (χ1v) is 3.96. The van der Waals surface area contributed by atoms with Crippen LogP contribution in [0.15, 0.2) is 11.8 Å². The highest BCUT2D eigenvalue weighted by molar-refractivity contribution is 6.10. The number of amides is 2. The van der Waals surface area contributed by atoms with Gasteiger partial charge in [0.25, 0.3) is 11.8 Å². The quantitative estimate of drug-likeness (QED) is 0.381. The summed E-state index contributed by atoms with van der Waals surface area (Å²) in [6, 6.07) is 0. The smallest absolute Gasteiger partial charge is 0.255 e. The molecule has 0 aliphatic carbocycles. The molecule has 0 aromatic rings. The summed E-state index contributed by atoms with van der Waals surface area (Å²) in [7, 11) is 0. The van der Waals surface area contributed by atoms with Gasteiger partial charge in [-0.1, -0.05) is 0 Å². The second-order valence-electron chi connectivity index (χ2n) is 2.99. The highest BCUT2D eigenvalue weighted by Crippen LogP contribution is 2.21. The van der Waals surface area contributed by atoms with Crippen LogP contribution in [0.5, 0.6) is 0 Å². The number of fused-ring (bicyclic) bond motifs is 1. The predicted molar refractivity (Wildman–Crippen MR) is 42.3 cm³/mol. The van der Waals surface area contributed by atoms with Crippen LogP contribution in [0.3, 0.4) is 0 Å². The lowest BCUT2D eigenvalue weighted by molar-refractivity contribution is -0.148. The molecule has 0 aromatic heterocycles. The molecule has 2 heterocycles. The molecular formula is C8H6N2O4. The molecule has 0 bridgehead atoms. The summed E-state index contributed by atoms with van der Waals surface area (Å²) in [4.78, 5) is 44.0. The van der Waals surface area contributed by atoms with E-state index in [4.69, 9.17) is 0 Å². The molecule has 2 rings (SSSR count). The Hall–Kier alpha value is -1.98. The second kappa shape index (κ2) is 2.76. The van der Waals surface area contributed by atoms with E-state index in [0.717, 1.165) is 16.1 Å². The van der Waals surface area contributed by atoms with E-state index < -0.39 is 11.8 Å². The zero-order valence-corrected chi connectivity index (χ0v) is 7.10. The van der Waals surface area contributed by atoms with Crippen molar-refractivity contribution in [3.63, 3.8) is 0 Å². The van der Waals surface area contributed by atoms with Crippen molar-refractivity contribution in [1.29, 1.82) is 0 Å². The molecule has 1 fully saturated rings. The number of aldehydes is 1. The van der Waals surface area contributed by atoms with Gasteiger partial charge < -0.3 is 0 Å². The van der Waals surface area contributed by atoms with Crippen LogP contribution in [0.2, 0.25) is 0 Å². The van der Waals surface area contributed by atoms with Crippen molar-refractivity contribution in [3.05, 3.63) is 11.8 Å². The van der Waals surface area contributed by atoms with Crippen molar-refractivity contribution < 1.29 is 19.2 Å². The summed E-state index contributed by atoms with van der Waals surface area (Å²) in [5, 5.41) is 1.95. The average Bonchev–Trinajstić information content (AvgIpc) is 2.41. The molecule has 2 amide bonds. The van der Waals surface area contributed by atoms with Gasteiger partial charge in [0.15, 0.2) is 12.1 Å². The van der Waals surface area contributed by atoms with Crippen LogP contribution in [0.25, 0.3) is 0 Å². The average molecular weight is 194 g/mol. The summed E-state index contributed by atoms with van der Waals surface area (Å²) in [6.07, 6.45) is 1.18. The lowest BCUT2D eigenvalue weighted by atomic mass is 10.2. The molecule has 2 aliphatic rings. The second-order valence-corrected chi connectivity index (χ2v) is 2.99. The fourth-order valence-electron chi connectivity index (χ4n) is 1.49. The van der Waals surface area contributed by atoms with Gasteiger partial charge in [0.05, 0.1) is 0 Å². The first-order valence-electron chi connectivity index (χ1n) is 3.96. The van der Waals surface area contributed by atoms with Crippen molar-refractivity contribution in [2.75, 3.05) is 6.54 Å². The van der Waals surface area contributed by atoms with Gasteiger partial charge in [-0.25, -0.2) is 10.0 Å². The molecule has 1 saturated heterocycles. The zero-order valence-electron chi connectivity index (χ0n) is 7.10. The summed E-state index contributed by atoms with van der Waals surface area (Å²) in [5.41, 5.74) is -0.0721. The number of nitrogens with zero attached hydrogens (tertiary/aromatic N) is 2. The molecule has 2 aliphatic heterocycles. The van der Waals surface area contributed by atoms with E-state index >= 15 is 0 Å². The number of carbonyl (C=O) groups is 4. The third-order valence-corrected chi connectivity index (χ3v) is 2.05. The van der Waals surface area contributed by atoms with Gasteiger partial charge in [-0.2, -0.15) is 0 Å². The molecular weight excluding hydrogens is 188 g/mol. The number of carbonyl (C=O) groups excluding carboxylic acids is 4. The Morgan fingerprint density at radius 3 is 2.57 bits per heavy atom. The molecule has 14 heavy (non-hydrogen) atoms. The minimum absolute atomic E-state index is 0.0721. The number of allylic oxidation sites excluding steroid dienone is 1. The monoisotopic (exact) mass is 194 g/mol. The maximum absolute atomic E-state index is 11.2. The van der Waals surface area contributed by atoms with Crippen molar-refractivity contribution in [2.45, 2.75) is 6.42 Å². The van der Waals surface area contributed by atoms with Gasteiger partial charge >= 0.3 is 0 Å². The fourth-order valence-corrected chi connectivity index (χ4v) is 1.49. The fraction of sp³-hybridized carbons (Fsp3) is 0.250.